The number of esters is 1. The number of rotatable bonds is 26. The number of hydrogen-bond donors (Lipinski definition) is 6. The minimum atomic E-state index is -4.50. The zero-order chi connectivity index (χ0) is 54.4. The number of carbonyl (C=O) groups excluding carboxylic acids is 3. The summed E-state index contributed by atoms with van der Waals surface area (Å²) in [5.41, 5.74) is 0.161. The number of carboxylic acids is 3. The number of allylic oxidation sites excluding steroid dienone is 8. The van der Waals surface area contributed by atoms with E-state index >= 15 is 0 Å². The van der Waals surface area contributed by atoms with Crippen molar-refractivity contribution >= 4 is 51.2 Å². The number of Topliss-reactive ketones (excluding diaryl/α,β-unsaturated/α-hetero) is 1. The number of aliphatic carboxylic acids is 3. The smallest absolute Gasteiger partial charge is 0.446 e. The molecule has 0 spiro atoms. The molecule has 0 bridgehead atoms. The topological polar surface area (TPSA) is 317 Å². The number of nitrogens with one attached hydrogen (secondary N) is 3. The van der Waals surface area contributed by atoms with E-state index in [1.54, 1.807) is 25.6 Å². The normalized spacial score (nSPS) is 12.1. The molecule has 1 aromatic carbocycles. The lowest BCUT2D eigenvalue weighted by molar-refractivity contribution is -0.873. The summed E-state index contributed by atoms with van der Waals surface area (Å²) in [6.07, 6.45) is 28.6. The van der Waals surface area contributed by atoms with E-state index in [4.69, 9.17) is 19.5 Å². The van der Waals surface area contributed by atoms with Crippen LogP contribution in [0.3, 0.4) is 0 Å². The molecule has 0 fully saturated rings. The van der Waals surface area contributed by atoms with E-state index < -0.39 is 45.7 Å². The number of unbranched alkanes of at least 4 members (excludes halogenated alkanes) is 4. The summed E-state index contributed by atoms with van der Waals surface area (Å²) in [5.74, 6) is -3.45. The fourth-order valence-corrected chi connectivity index (χ4v) is 5.78. The van der Waals surface area contributed by atoms with Gasteiger partial charge in [0, 0.05) is 31.4 Å². The Hall–Kier alpha value is -6.49. The summed E-state index contributed by atoms with van der Waals surface area (Å²) in [4.78, 5) is 83.1. The predicted octanol–water partition coefficient (Wildman–Crippen LogP) is 5.32. The molecule has 0 saturated carbocycles. The summed E-state index contributed by atoms with van der Waals surface area (Å²) >= 11 is 0. The number of hydrogen-bond acceptors (Lipinski definition) is 14. The average Bonchev–Trinajstić information content (AvgIpc) is 3.64. The van der Waals surface area contributed by atoms with Gasteiger partial charge in [-0.2, -0.15) is 8.42 Å². The van der Waals surface area contributed by atoms with Crippen molar-refractivity contribution in [3.63, 3.8) is 0 Å². The van der Waals surface area contributed by atoms with Crippen LogP contribution < -0.4 is 25.9 Å². The zero-order valence-corrected chi connectivity index (χ0v) is 43.4. The van der Waals surface area contributed by atoms with Gasteiger partial charge in [0.25, 0.3) is 5.56 Å². The fourth-order valence-electron chi connectivity index (χ4n) is 5.43. The number of likely N-dealkylation sites (N-methyl/N-ethyl adjacent to an activating group) is 2. The minimum Gasteiger partial charge on any atom is -0.550 e. The Labute approximate surface area is 416 Å². The number of H-pyrrole nitrogens is 2. The van der Waals surface area contributed by atoms with E-state index in [0.29, 0.717) is 34.2 Å². The summed E-state index contributed by atoms with van der Waals surface area (Å²) < 4.78 is 40.4. The summed E-state index contributed by atoms with van der Waals surface area (Å²) in [7, 11) is 4.53. The average molecular weight is 1020 g/mol. The molecule has 2 atom stereocenters. The van der Waals surface area contributed by atoms with Crippen LogP contribution in [0.2, 0.25) is 0 Å². The van der Waals surface area contributed by atoms with Crippen LogP contribution in [0.5, 0.6) is 5.75 Å². The number of ketones is 1. The number of aromatic amines is 2. The maximum atomic E-state index is 11.6. The number of ether oxygens (including phenoxy) is 1. The van der Waals surface area contributed by atoms with Crippen molar-refractivity contribution in [2.45, 2.75) is 111 Å². The lowest BCUT2D eigenvalue weighted by atomic mass is 10.1. The summed E-state index contributed by atoms with van der Waals surface area (Å²) in [5, 5.41) is 29.4. The number of quaternary nitrogens is 1. The Bertz CT molecular complexity index is 2380. The fraction of sp³-hybridized carbons (Fsp3) is 0.510. The van der Waals surface area contributed by atoms with Crippen LogP contribution in [0.1, 0.15) is 115 Å². The van der Waals surface area contributed by atoms with Gasteiger partial charge in [0.1, 0.15) is 12.3 Å². The standard InChI is InChI=1S/C20H32O2.C12H23NO4.C8H8O5S.C6H6N4O2.C3H7NO2/c1-2-3-4-5-6-7-8-9-10-11-12-13-14-15-16-17-18-19-20(21)22;1-6-9(2)12(16)17-10(7-11(14)15)8-13(3,4)5;1-6(9)7-2-4-8(5-3-7)13-14(10,11)12;1-10-2-7-4-3(10)5(11)9-6(12)8-4;1-4-2-3(5)6/h6-7,9-10,12-13,15-16H,2-5,8,11,14,17-19H2,1H3,(H,21,22);9-10H,6-8H2,1-5H3;2-5H,1H3,(H,10,11,12);2H,1H3,(H2,8,9,11,12);4H,2H2,1H3,(H,5,6)/b7-6-,10-9-,13-12-,16-15-;;;;. The largest absolute Gasteiger partial charge is 0.550 e. The van der Waals surface area contributed by atoms with Gasteiger partial charge in [-0.1, -0.05) is 82.2 Å². The second-order valence-electron chi connectivity index (χ2n) is 16.8. The van der Waals surface area contributed by atoms with Crippen LogP contribution >= 0.6 is 0 Å². The number of benzene rings is 1. The van der Waals surface area contributed by atoms with E-state index in [1.165, 1.54) is 63.2 Å². The van der Waals surface area contributed by atoms with Gasteiger partial charge in [0.15, 0.2) is 23.1 Å². The number of imidazole rings is 1. The van der Waals surface area contributed by atoms with Crippen molar-refractivity contribution in [3.05, 3.63) is 106 Å². The molecule has 71 heavy (non-hydrogen) atoms. The highest BCUT2D eigenvalue weighted by Gasteiger charge is 2.24. The number of aromatic nitrogens is 4. The van der Waals surface area contributed by atoms with Gasteiger partial charge in [0.2, 0.25) is 0 Å². The van der Waals surface area contributed by atoms with Crippen LogP contribution in [0.4, 0.5) is 0 Å². The highest BCUT2D eigenvalue weighted by Crippen LogP contribution is 2.14. The van der Waals surface area contributed by atoms with Crippen molar-refractivity contribution in [1.82, 2.24) is 24.8 Å². The molecule has 398 valence electrons. The molecular weight excluding hydrogens is 945 g/mol. The first-order chi connectivity index (χ1) is 33.3. The Balaban J connectivity index is 0. The van der Waals surface area contributed by atoms with Crippen LogP contribution in [0.25, 0.3) is 11.2 Å². The van der Waals surface area contributed by atoms with Crippen molar-refractivity contribution in [2.75, 3.05) is 41.3 Å². The molecule has 3 aromatic rings. The first-order valence-corrected chi connectivity index (χ1v) is 24.4. The van der Waals surface area contributed by atoms with E-state index in [0.717, 1.165) is 32.1 Å². The maximum Gasteiger partial charge on any atom is 0.446 e. The number of nitrogens with zero attached hydrogens (tertiary/aromatic N) is 3. The molecule has 22 heteroatoms. The van der Waals surface area contributed by atoms with Gasteiger partial charge >= 0.3 is 34.0 Å². The van der Waals surface area contributed by atoms with E-state index in [2.05, 4.69) is 80.0 Å². The minimum absolute atomic E-state index is 0.0417. The third kappa shape index (κ3) is 39.0. The summed E-state index contributed by atoms with van der Waals surface area (Å²) in [6.45, 7) is 7.77. The SMILES string of the molecule is CC(=O)c1ccc(OS(=O)(=O)O)cc1.CCC(C)C(=O)OC(CC(=O)[O-])C[N+](C)(C)C.CCCCC/C=C\C/C=C\C/C=C\C/C=C\CCCC(=O)O.CNCC(=O)O.Cn1cnc2[nH]c(=O)[nH]c(=O)c21. The lowest BCUT2D eigenvalue weighted by Crippen LogP contribution is -2.45. The van der Waals surface area contributed by atoms with Crippen molar-refractivity contribution in [1.29, 1.82) is 0 Å². The molecule has 0 aliphatic rings. The molecular formula is C49H76N6O15S. The first-order valence-electron chi connectivity index (χ1n) is 23.1. The lowest BCUT2D eigenvalue weighted by Gasteiger charge is -2.29. The number of carboxylic acid groups (broad SMARTS) is 3. The van der Waals surface area contributed by atoms with Gasteiger partial charge in [-0.3, -0.25) is 38.5 Å². The molecule has 2 aromatic heterocycles. The molecule has 3 rings (SSSR count). The maximum absolute atomic E-state index is 11.6. The first kappa shape index (κ1) is 66.6. The van der Waals surface area contributed by atoms with E-state index in [1.807, 2.05) is 28.1 Å². The number of fused-ring (bicyclic) bond motifs is 1. The van der Waals surface area contributed by atoms with Gasteiger partial charge < -0.3 is 43.4 Å². The molecule has 0 aliphatic carbocycles. The highest BCUT2D eigenvalue weighted by atomic mass is 32.3. The van der Waals surface area contributed by atoms with Crippen molar-refractivity contribution in [3.8, 4) is 5.75 Å². The third-order valence-electron chi connectivity index (χ3n) is 9.06. The van der Waals surface area contributed by atoms with Gasteiger partial charge in [-0.15, -0.1) is 0 Å². The second-order valence-corrected chi connectivity index (χ2v) is 17.8. The highest BCUT2D eigenvalue weighted by molar-refractivity contribution is 7.81. The molecule has 0 amide bonds. The second kappa shape index (κ2) is 38.3. The molecule has 0 radical (unpaired) electrons. The number of carbonyl (C=O) groups is 5. The third-order valence-corrected chi connectivity index (χ3v) is 9.47. The summed E-state index contributed by atoms with van der Waals surface area (Å²) in [6, 6.07) is 5.38. The Morgan fingerprint density at radius 3 is 1.82 bits per heavy atom. The van der Waals surface area contributed by atoms with E-state index in [-0.39, 0.29) is 42.8 Å². The molecule has 2 heterocycles. The molecule has 0 aliphatic heterocycles. The van der Waals surface area contributed by atoms with Gasteiger partial charge in [-0.05, 0) is 89.6 Å². The Morgan fingerprint density at radius 2 is 1.39 bits per heavy atom. The Morgan fingerprint density at radius 1 is 0.859 bits per heavy atom. The molecule has 21 nitrogen and oxygen atoms in total. The van der Waals surface area contributed by atoms with Crippen LogP contribution in [0.15, 0.2) is 88.8 Å². The number of aryl methyl sites for hydroxylation is 1. The zero-order valence-electron chi connectivity index (χ0n) is 42.6. The van der Waals surface area contributed by atoms with Crippen LogP contribution in [-0.4, -0.2) is 124 Å². The molecule has 2 unspecified atom stereocenters. The predicted molar refractivity (Wildman–Crippen MR) is 270 cm³/mol. The van der Waals surface area contributed by atoms with Gasteiger partial charge in [-0.25, -0.2) is 9.78 Å². The quantitative estimate of drug-likeness (QED) is 0.0148. The van der Waals surface area contributed by atoms with E-state index in [9.17, 15) is 47.1 Å². The molecule has 6 N–H and O–H groups in total. The Kier molecular flexibility index (Phi) is 35.9. The van der Waals surface area contributed by atoms with Crippen molar-refractivity contribution < 1.29 is 65.7 Å². The van der Waals surface area contributed by atoms with Crippen LogP contribution in [-0.2, 0) is 41.4 Å². The van der Waals surface area contributed by atoms with Crippen molar-refractivity contribution in [2.24, 2.45) is 13.0 Å². The van der Waals surface area contributed by atoms with Crippen LogP contribution in [0, 0.1) is 5.92 Å². The molecule has 0 saturated heterocycles. The monoisotopic (exact) mass is 1020 g/mol. The van der Waals surface area contributed by atoms with Gasteiger partial charge in [0.05, 0.1) is 39.9 Å².